The van der Waals surface area contributed by atoms with Crippen LogP contribution in [0.2, 0.25) is 0 Å². The Labute approximate surface area is 262 Å². The molecule has 0 aromatic rings. The zero-order chi connectivity index (χ0) is 32.6. The maximum atomic E-state index is 13.8. The topological polar surface area (TPSA) is 154 Å². The van der Waals surface area contributed by atoms with E-state index in [1.807, 2.05) is 6.92 Å². The molecular formula is C35H56O9. The molecule has 0 unspecified atom stereocenters. The van der Waals surface area contributed by atoms with Crippen molar-refractivity contribution < 1.29 is 44.6 Å². The largest absolute Gasteiger partial charge is 0.390 e. The van der Waals surface area contributed by atoms with Crippen LogP contribution in [-0.4, -0.2) is 85.6 Å². The highest BCUT2D eigenvalue weighted by atomic mass is 16.7. The van der Waals surface area contributed by atoms with E-state index in [-0.39, 0.29) is 71.6 Å². The smallest absolute Gasteiger partial charge is 0.186 e. The molecule has 250 valence electrons. The molecule has 1 aliphatic heterocycles. The minimum Gasteiger partial charge on any atom is -0.390 e. The van der Waals surface area contributed by atoms with E-state index in [0.29, 0.717) is 25.7 Å². The first-order valence-corrected chi connectivity index (χ1v) is 16.7. The van der Waals surface area contributed by atoms with Gasteiger partial charge in [-0.3, -0.25) is 9.59 Å². The zero-order valence-electron chi connectivity index (χ0n) is 27.7. The Balaban J connectivity index is 1.36. The second kappa shape index (κ2) is 11.5. The predicted octanol–water partition coefficient (Wildman–Crippen LogP) is 3.47. The number of carbonyl (C=O) groups excluding carboxylic acids is 2. The molecule has 1 heterocycles. The molecule has 12 atom stereocenters. The van der Waals surface area contributed by atoms with Crippen LogP contribution in [0.5, 0.6) is 0 Å². The van der Waals surface area contributed by atoms with Crippen LogP contribution in [0.4, 0.5) is 0 Å². The summed E-state index contributed by atoms with van der Waals surface area (Å²) in [6.07, 6.45) is 1.81. The van der Waals surface area contributed by atoms with Gasteiger partial charge in [0.25, 0.3) is 0 Å². The molecule has 0 amide bonds. The minimum absolute atomic E-state index is 0.0151. The van der Waals surface area contributed by atoms with E-state index in [0.717, 1.165) is 19.3 Å². The molecular weight excluding hydrogens is 564 g/mol. The molecule has 4 fully saturated rings. The first-order chi connectivity index (χ1) is 20.2. The summed E-state index contributed by atoms with van der Waals surface area (Å²) in [4.78, 5) is 26.6. The number of rotatable bonds is 7. The van der Waals surface area contributed by atoms with Gasteiger partial charge in [-0.2, -0.15) is 0 Å². The normalized spacial score (nSPS) is 46.3. The highest BCUT2D eigenvalue weighted by molar-refractivity contribution is 5.87. The monoisotopic (exact) mass is 620 g/mol. The molecule has 5 aliphatic rings. The molecule has 1 saturated heterocycles. The summed E-state index contributed by atoms with van der Waals surface area (Å²) in [7, 11) is 0. The Hall–Kier alpha value is -1.20. The molecule has 44 heavy (non-hydrogen) atoms. The van der Waals surface area contributed by atoms with Crippen LogP contribution in [0.1, 0.15) is 106 Å². The average molecular weight is 621 g/mol. The molecule has 4 aliphatic carbocycles. The standard InChI is InChI=1S/C35H56O9/c1-19(14-21(36)16-31(2,3)41)27-23(37)17-34(7)22-8-9-25-32(4,5)26(44-30-29(40)28(39)24(38)18-43-30)11-13-35(25,42)15-20(22)10-12-33(27,34)6/h10,19,22,24-30,38-42H,8-9,11-18H2,1-7H3/t19-,22-,24+,25+,26+,27+,28+,29-,30+,33-,34+,35+/m1/s1. The fraction of sp³-hybridized carbons (Fsp3) is 0.886. The molecule has 9 nitrogen and oxygen atoms in total. The number of fused-ring (bicyclic) bond motifs is 4. The van der Waals surface area contributed by atoms with Gasteiger partial charge >= 0.3 is 0 Å². The van der Waals surface area contributed by atoms with E-state index in [1.54, 1.807) is 13.8 Å². The van der Waals surface area contributed by atoms with Gasteiger partial charge in [-0.1, -0.05) is 46.3 Å². The van der Waals surface area contributed by atoms with Crippen molar-refractivity contribution in [1.82, 2.24) is 0 Å². The summed E-state index contributed by atoms with van der Waals surface area (Å²) in [5.41, 5.74) is -1.85. The fourth-order valence-electron chi connectivity index (χ4n) is 10.5. The average Bonchev–Trinajstić information content (AvgIpc) is 2.99. The van der Waals surface area contributed by atoms with Gasteiger partial charge in [0, 0.05) is 25.2 Å². The van der Waals surface area contributed by atoms with E-state index < -0.39 is 41.2 Å². The summed E-state index contributed by atoms with van der Waals surface area (Å²) in [6, 6.07) is 0. The number of ether oxygens (including phenoxy) is 2. The first-order valence-electron chi connectivity index (χ1n) is 16.7. The summed E-state index contributed by atoms with van der Waals surface area (Å²) < 4.78 is 11.9. The molecule has 5 N–H and O–H groups in total. The molecule has 0 aromatic carbocycles. The number of aliphatic hydroxyl groups excluding tert-OH is 3. The number of carbonyl (C=O) groups is 2. The third-order valence-electron chi connectivity index (χ3n) is 12.9. The molecule has 0 bridgehead atoms. The molecule has 5 rings (SSSR count). The van der Waals surface area contributed by atoms with Gasteiger partial charge in [-0.05, 0) is 86.4 Å². The van der Waals surface area contributed by atoms with E-state index in [9.17, 15) is 35.1 Å². The van der Waals surface area contributed by atoms with E-state index in [2.05, 4.69) is 33.8 Å². The quantitative estimate of drug-likeness (QED) is 0.269. The summed E-state index contributed by atoms with van der Waals surface area (Å²) in [6.45, 7) is 13.9. The second-order valence-electron chi connectivity index (χ2n) is 16.8. The number of hydrogen-bond donors (Lipinski definition) is 5. The van der Waals surface area contributed by atoms with Crippen LogP contribution in [0, 0.1) is 39.9 Å². The highest BCUT2D eigenvalue weighted by Crippen LogP contribution is 2.69. The lowest BCUT2D eigenvalue weighted by molar-refractivity contribution is -0.304. The van der Waals surface area contributed by atoms with Crippen LogP contribution >= 0.6 is 0 Å². The van der Waals surface area contributed by atoms with Gasteiger partial charge in [0.1, 0.15) is 29.9 Å². The number of hydrogen-bond acceptors (Lipinski definition) is 9. The van der Waals surface area contributed by atoms with Crippen LogP contribution in [0.3, 0.4) is 0 Å². The Morgan fingerprint density at radius 1 is 1.07 bits per heavy atom. The van der Waals surface area contributed by atoms with Crippen LogP contribution < -0.4 is 0 Å². The van der Waals surface area contributed by atoms with Gasteiger partial charge in [-0.15, -0.1) is 0 Å². The second-order valence-corrected chi connectivity index (χ2v) is 16.8. The molecule has 3 saturated carbocycles. The summed E-state index contributed by atoms with van der Waals surface area (Å²) in [5, 5.41) is 53.0. The first kappa shape index (κ1) is 34.1. The van der Waals surface area contributed by atoms with Gasteiger partial charge < -0.3 is 35.0 Å². The van der Waals surface area contributed by atoms with Crippen molar-refractivity contribution in [2.45, 2.75) is 148 Å². The highest BCUT2D eigenvalue weighted by Gasteiger charge is 2.66. The van der Waals surface area contributed by atoms with Gasteiger partial charge in [0.15, 0.2) is 6.29 Å². The molecule has 0 spiro atoms. The Kier molecular flexibility index (Phi) is 8.92. The SMILES string of the molecule is C[C@H](CC(=O)CC(C)(C)O)[C@H]1C(=O)C[C@@]2(C)[C@@H]3CC[C@H]4C(C)(C)[C@@H](O[C@@H]5OC[C@H](O)[C@H](O)[C@H]5O)CC[C@]4(O)CC3=CC[C@]12C. The fourth-order valence-corrected chi connectivity index (χ4v) is 10.5. The Morgan fingerprint density at radius 2 is 1.75 bits per heavy atom. The Bertz CT molecular complexity index is 1160. The van der Waals surface area contributed by atoms with Crippen molar-refractivity contribution in [1.29, 1.82) is 0 Å². The van der Waals surface area contributed by atoms with Crippen LogP contribution in [0.25, 0.3) is 0 Å². The van der Waals surface area contributed by atoms with Gasteiger partial charge in [-0.25, -0.2) is 0 Å². The van der Waals surface area contributed by atoms with Crippen molar-refractivity contribution in [3.8, 4) is 0 Å². The van der Waals surface area contributed by atoms with Crippen molar-refractivity contribution >= 4 is 11.6 Å². The maximum Gasteiger partial charge on any atom is 0.186 e. The van der Waals surface area contributed by atoms with Gasteiger partial charge in [0.05, 0.1) is 23.9 Å². The van der Waals surface area contributed by atoms with E-state index >= 15 is 0 Å². The lowest BCUT2D eigenvalue weighted by atomic mass is 9.51. The third kappa shape index (κ3) is 5.67. The van der Waals surface area contributed by atoms with Crippen molar-refractivity contribution in [2.24, 2.45) is 39.9 Å². The van der Waals surface area contributed by atoms with E-state index in [1.165, 1.54) is 5.57 Å². The third-order valence-corrected chi connectivity index (χ3v) is 12.9. The Morgan fingerprint density at radius 3 is 2.41 bits per heavy atom. The molecule has 0 radical (unpaired) electrons. The van der Waals surface area contributed by atoms with E-state index in [4.69, 9.17) is 9.47 Å². The molecule has 9 heteroatoms. The lowest BCUT2D eigenvalue weighted by Gasteiger charge is -2.54. The van der Waals surface area contributed by atoms with Gasteiger partial charge in [0.2, 0.25) is 0 Å². The number of aliphatic hydroxyl groups is 5. The molecule has 0 aromatic heterocycles. The summed E-state index contributed by atoms with van der Waals surface area (Å²) in [5.74, 6) is -0.114. The van der Waals surface area contributed by atoms with Crippen molar-refractivity contribution in [3.63, 3.8) is 0 Å². The van der Waals surface area contributed by atoms with Crippen LogP contribution in [-0.2, 0) is 19.1 Å². The summed E-state index contributed by atoms with van der Waals surface area (Å²) >= 11 is 0. The minimum atomic E-state index is -1.36. The lowest BCUT2D eigenvalue weighted by Crippen LogP contribution is -2.59. The number of ketones is 2. The van der Waals surface area contributed by atoms with Crippen molar-refractivity contribution in [2.75, 3.05) is 6.61 Å². The zero-order valence-corrected chi connectivity index (χ0v) is 27.7. The number of allylic oxidation sites excluding steroid dienone is 1. The maximum absolute atomic E-state index is 13.8. The number of Topliss-reactive ketones (excluding diaryl/α,β-unsaturated/α-hetero) is 2. The van der Waals surface area contributed by atoms with Crippen molar-refractivity contribution in [3.05, 3.63) is 11.6 Å². The van der Waals surface area contributed by atoms with Crippen LogP contribution in [0.15, 0.2) is 11.6 Å². The predicted molar refractivity (Wildman–Crippen MR) is 163 cm³/mol.